The van der Waals surface area contributed by atoms with Crippen LogP contribution in [-0.4, -0.2) is 55.1 Å². The molecule has 1 aliphatic rings. The molecule has 10 heteroatoms. The van der Waals surface area contributed by atoms with Crippen molar-refractivity contribution in [2.24, 2.45) is 0 Å². The molecule has 1 fully saturated rings. The van der Waals surface area contributed by atoms with E-state index in [0.29, 0.717) is 30.4 Å². The summed E-state index contributed by atoms with van der Waals surface area (Å²) in [6.45, 7) is 6.70. The first kappa shape index (κ1) is 21.5. The van der Waals surface area contributed by atoms with Gasteiger partial charge in [-0.1, -0.05) is 0 Å². The topological polar surface area (TPSA) is 84.6 Å². The van der Waals surface area contributed by atoms with Gasteiger partial charge in [0.05, 0.1) is 18.1 Å². The van der Waals surface area contributed by atoms with E-state index in [0.717, 1.165) is 23.5 Å². The summed E-state index contributed by atoms with van der Waals surface area (Å²) in [5.74, 6) is -0.177. The Labute approximate surface area is 188 Å². The Kier molecular flexibility index (Phi) is 5.83. The summed E-state index contributed by atoms with van der Waals surface area (Å²) in [6, 6.07) is 3.79. The number of ether oxygens (including phenoxy) is 1. The molecule has 0 unspecified atom stereocenters. The summed E-state index contributed by atoms with van der Waals surface area (Å²) in [4.78, 5) is 26.8. The average Bonchev–Trinajstić information content (AvgIpc) is 3.11. The van der Waals surface area contributed by atoms with Crippen LogP contribution in [0.2, 0.25) is 0 Å². The zero-order chi connectivity index (χ0) is 22.2. The van der Waals surface area contributed by atoms with Gasteiger partial charge in [0.2, 0.25) is 5.95 Å². The van der Waals surface area contributed by atoms with Gasteiger partial charge in [-0.25, -0.2) is 24.1 Å². The van der Waals surface area contributed by atoms with Crippen molar-refractivity contribution < 1.29 is 13.9 Å². The van der Waals surface area contributed by atoms with E-state index in [-0.39, 0.29) is 17.8 Å². The molecule has 1 saturated heterocycles. The van der Waals surface area contributed by atoms with E-state index in [9.17, 15) is 9.18 Å². The number of nitrogens with one attached hydrogen (secondary N) is 1. The molecule has 4 rings (SSSR count). The van der Waals surface area contributed by atoms with E-state index in [1.165, 1.54) is 0 Å². The molecule has 1 N–H and O–H groups in total. The van der Waals surface area contributed by atoms with Gasteiger partial charge in [-0.05, 0) is 61.7 Å². The van der Waals surface area contributed by atoms with Crippen LogP contribution in [0.3, 0.4) is 0 Å². The minimum absolute atomic E-state index is 0.0772. The maximum Gasteiger partial charge on any atom is 0.410 e. The number of piperidine rings is 1. The van der Waals surface area contributed by atoms with E-state index < -0.39 is 11.4 Å². The maximum absolute atomic E-state index is 14.6. The zero-order valence-electron chi connectivity index (χ0n) is 17.6. The van der Waals surface area contributed by atoms with Crippen LogP contribution in [0, 0.1) is 5.82 Å². The first-order valence-corrected chi connectivity index (χ1v) is 10.9. The molecule has 0 radical (unpaired) electrons. The summed E-state index contributed by atoms with van der Waals surface area (Å²) >= 11 is 3.43. The van der Waals surface area contributed by atoms with Crippen molar-refractivity contribution in [2.45, 2.75) is 45.3 Å². The Morgan fingerprint density at radius 2 is 1.97 bits per heavy atom. The lowest BCUT2D eigenvalue weighted by molar-refractivity contribution is 0.0210. The Hall–Kier alpha value is -2.75. The van der Waals surface area contributed by atoms with Gasteiger partial charge in [0.15, 0.2) is 5.82 Å². The van der Waals surface area contributed by atoms with Crippen molar-refractivity contribution in [1.82, 2.24) is 24.3 Å². The standard InChI is InChI=1S/C21H24BrFN6O2/c1-21(2,3)31-20(30)28-8-6-14(7-9-28)26-19-25-10-15(23)18(27-19)16-11-24-17-5-4-13(22)12-29(16)17/h4-5,10-12,14H,6-9H2,1-3H3,(H,25,26,27). The second-order valence-corrected chi connectivity index (χ2v) is 9.41. The van der Waals surface area contributed by atoms with Crippen LogP contribution in [0.5, 0.6) is 0 Å². The minimum atomic E-state index is -0.521. The van der Waals surface area contributed by atoms with E-state index in [4.69, 9.17) is 4.74 Å². The van der Waals surface area contributed by atoms with Crippen molar-refractivity contribution >= 4 is 33.6 Å². The normalized spacial score (nSPS) is 15.3. The summed E-state index contributed by atoms with van der Waals surface area (Å²) in [5, 5.41) is 3.27. The molecule has 4 heterocycles. The highest BCUT2D eigenvalue weighted by molar-refractivity contribution is 9.10. The third-order valence-corrected chi connectivity index (χ3v) is 5.41. The molecule has 0 saturated carbocycles. The molecule has 164 valence electrons. The SMILES string of the molecule is CC(C)(C)OC(=O)N1CCC(Nc2ncc(F)c(-c3cnc4ccc(Br)cn34)n2)CC1. The quantitative estimate of drug-likeness (QED) is 0.581. The zero-order valence-corrected chi connectivity index (χ0v) is 19.2. The molecule has 0 aliphatic carbocycles. The predicted molar refractivity (Wildman–Crippen MR) is 118 cm³/mol. The Balaban J connectivity index is 1.46. The van der Waals surface area contributed by atoms with Crippen LogP contribution in [0.15, 0.2) is 35.2 Å². The van der Waals surface area contributed by atoms with Gasteiger partial charge in [0.1, 0.15) is 16.9 Å². The van der Waals surface area contributed by atoms with E-state index in [1.807, 2.05) is 39.1 Å². The number of hydrogen-bond donors (Lipinski definition) is 1. The van der Waals surface area contributed by atoms with Crippen molar-refractivity contribution in [3.05, 3.63) is 41.0 Å². The Bertz CT molecular complexity index is 1100. The predicted octanol–water partition coefficient (Wildman–Crippen LogP) is 4.50. The number of likely N-dealkylation sites (tertiary alicyclic amines) is 1. The second kappa shape index (κ2) is 8.41. The molecule has 0 spiro atoms. The Morgan fingerprint density at radius 3 is 2.68 bits per heavy atom. The number of carbonyl (C=O) groups is 1. The van der Waals surface area contributed by atoms with Crippen molar-refractivity contribution in [3.8, 4) is 11.4 Å². The van der Waals surface area contributed by atoms with Gasteiger partial charge >= 0.3 is 6.09 Å². The number of hydrogen-bond acceptors (Lipinski definition) is 6. The van der Waals surface area contributed by atoms with Gasteiger partial charge in [0.25, 0.3) is 0 Å². The molecule has 3 aromatic heterocycles. The third kappa shape index (κ3) is 4.95. The first-order valence-electron chi connectivity index (χ1n) is 10.1. The summed E-state index contributed by atoms with van der Waals surface area (Å²) in [6.07, 6.45) is 5.72. The van der Waals surface area contributed by atoms with Gasteiger partial charge in [-0.3, -0.25) is 4.40 Å². The maximum atomic E-state index is 14.6. The number of rotatable bonds is 3. The van der Waals surface area contributed by atoms with Gasteiger partial charge in [-0.15, -0.1) is 0 Å². The van der Waals surface area contributed by atoms with Crippen LogP contribution in [0.4, 0.5) is 15.1 Å². The lowest BCUT2D eigenvalue weighted by atomic mass is 10.1. The summed E-state index contributed by atoms with van der Waals surface area (Å²) in [7, 11) is 0. The minimum Gasteiger partial charge on any atom is -0.444 e. The van der Waals surface area contributed by atoms with E-state index in [1.54, 1.807) is 15.5 Å². The number of carbonyl (C=O) groups excluding carboxylic acids is 1. The fraction of sp³-hybridized carbons (Fsp3) is 0.429. The van der Waals surface area contributed by atoms with Crippen LogP contribution >= 0.6 is 15.9 Å². The second-order valence-electron chi connectivity index (χ2n) is 8.50. The smallest absolute Gasteiger partial charge is 0.410 e. The number of fused-ring (bicyclic) bond motifs is 1. The monoisotopic (exact) mass is 490 g/mol. The highest BCUT2D eigenvalue weighted by Crippen LogP contribution is 2.25. The first-order chi connectivity index (χ1) is 14.7. The molecule has 0 aromatic carbocycles. The van der Waals surface area contributed by atoms with Crippen molar-refractivity contribution in [1.29, 1.82) is 0 Å². The van der Waals surface area contributed by atoms with Crippen LogP contribution in [-0.2, 0) is 4.74 Å². The van der Waals surface area contributed by atoms with Crippen molar-refractivity contribution in [3.63, 3.8) is 0 Å². The van der Waals surface area contributed by atoms with Gasteiger partial charge < -0.3 is 15.0 Å². The number of imidazole rings is 1. The van der Waals surface area contributed by atoms with Crippen LogP contribution < -0.4 is 5.32 Å². The molecule has 0 bridgehead atoms. The van der Waals surface area contributed by atoms with Crippen molar-refractivity contribution in [2.75, 3.05) is 18.4 Å². The molecular formula is C21H24BrFN6O2. The molecule has 1 amide bonds. The molecule has 8 nitrogen and oxygen atoms in total. The molecular weight excluding hydrogens is 467 g/mol. The number of amides is 1. The fourth-order valence-electron chi connectivity index (χ4n) is 3.46. The number of nitrogens with zero attached hydrogens (tertiary/aromatic N) is 5. The van der Waals surface area contributed by atoms with Gasteiger partial charge in [0, 0.05) is 29.8 Å². The third-order valence-electron chi connectivity index (χ3n) is 4.94. The van der Waals surface area contributed by atoms with Crippen LogP contribution in [0.1, 0.15) is 33.6 Å². The largest absolute Gasteiger partial charge is 0.444 e. The lowest BCUT2D eigenvalue weighted by Crippen LogP contribution is -2.44. The number of halogens is 2. The fourth-order valence-corrected chi connectivity index (χ4v) is 3.80. The molecule has 0 atom stereocenters. The van der Waals surface area contributed by atoms with E-state index >= 15 is 0 Å². The molecule has 31 heavy (non-hydrogen) atoms. The molecule has 1 aliphatic heterocycles. The van der Waals surface area contributed by atoms with Crippen LogP contribution in [0.25, 0.3) is 17.0 Å². The lowest BCUT2D eigenvalue weighted by Gasteiger charge is -2.33. The summed E-state index contributed by atoms with van der Waals surface area (Å²) < 4.78 is 22.6. The number of anilines is 1. The highest BCUT2D eigenvalue weighted by atomic mass is 79.9. The average molecular weight is 491 g/mol. The number of pyridine rings is 1. The van der Waals surface area contributed by atoms with Gasteiger partial charge in [-0.2, -0.15) is 0 Å². The summed E-state index contributed by atoms with van der Waals surface area (Å²) in [5.41, 5.74) is 0.895. The van der Waals surface area contributed by atoms with E-state index in [2.05, 4.69) is 36.2 Å². The number of aromatic nitrogens is 4. The highest BCUT2D eigenvalue weighted by Gasteiger charge is 2.27. The Morgan fingerprint density at radius 1 is 1.23 bits per heavy atom. The molecule has 3 aromatic rings.